The predicted molar refractivity (Wildman–Crippen MR) is 79.6 cm³/mol. The quantitative estimate of drug-likeness (QED) is 0.780. The minimum absolute atomic E-state index is 0.149. The summed E-state index contributed by atoms with van der Waals surface area (Å²) in [6, 6.07) is 0.185. The molecule has 1 saturated heterocycles. The molecule has 8 heteroatoms. The Labute approximate surface area is 123 Å². The lowest BCUT2D eigenvalue weighted by Crippen LogP contribution is -2.35. The van der Waals surface area contributed by atoms with E-state index in [1.165, 1.54) is 11.8 Å². The van der Waals surface area contributed by atoms with Gasteiger partial charge in [-0.3, -0.25) is 9.36 Å². The normalized spacial score (nSPS) is 16.4. The SMILES string of the molecule is CC(C)n1c(N)nnc1SCC(=O)N1CCCNCC1. The summed E-state index contributed by atoms with van der Waals surface area (Å²) in [5.41, 5.74) is 5.78. The fraction of sp³-hybridized carbons (Fsp3) is 0.750. The average molecular weight is 298 g/mol. The number of carbonyl (C=O) groups excluding carboxylic acids is 1. The maximum Gasteiger partial charge on any atom is 0.233 e. The molecule has 0 saturated carbocycles. The lowest BCUT2D eigenvalue weighted by Gasteiger charge is -2.19. The number of hydrogen-bond acceptors (Lipinski definition) is 6. The number of hydrogen-bond donors (Lipinski definition) is 2. The first-order chi connectivity index (χ1) is 9.59. The van der Waals surface area contributed by atoms with E-state index in [4.69, 9.17) is 5.73 Å². The molecule has 2 heterocycles. The summed E-state index contributed by atoms with van der Waals surface area (Å²) < 4.78 is 1.85. The molecule has 1 aliphatic heterocycles. The van der Waals surface area contributed by atoms with E-state index in [2.05, 4.69) is 15.5 Å². The van der Waals surface area contributed by atoms with Crippen LogP contribution in [0.25, 0.3) is 0 Å². The van der Waals surface area contributed by atoms with Gasteiger partial charge in [-0.25, -0.2) is 0 Å². The Balaban J connectivity index is 1.93. The zero-order chi connectivity index (χ0) is 14.5. The highest BCUT2D eigenvalue weighted by Gasteiger charge is 2.18. The second-order valence-electron chi connectivity index (χ2n) is 5.08. The molecule has 0 unspecified atom stereocenters. The zero-order valence-corrected chi connectivity index (χ0v) is 12.8. The molecule has 1 aromatic heterocycles. The molecule has 1 amide bonds. The first kappa shape index (κ1) is 15.1. The summed E-state index contributed by atoms with van der Waals surface area (Å²) in [5.74, 6) is 0.926. The third kappa shape index (κ3) is 3.63. The van der Waals surface area contributed by atoms with Crippen molar-refractivity contribution < 1.29 is 4.79 Å². The molecule has 2 rings (SSSR count). The van der Waals surface area contributed by atoms with Gasteiger partial charge < -0.3 is 16.0 Å². The van der Waals surface area contributed by atoms with Crippen molar-refractivity contribution >= 4 is 23.6 Å². The lowest BCUT2D eigenvalue weighted by atomic mass is 10.4. The molecule has 1 aromatic rings. The van der Waals surface area contributed by atoms with Gasteiger partial charge in [0.25, 0.3) is 0 Å². The van der Waals surface area contributed by atoms with Crippen LogP contribution in [0.15, 0.2) is 5.16 Å². The minimum Gasteiger partial charge on any atom is -0.368 e. The van der Waals surface area contributed by atoms with Crippen molar-refractivity contribution in [2.75, 3.05) is 37.7 Å². The van der Waals surface area contributed by atoms with Crippen molar-refractivity contribution in [1.29, 1.82) is 0 Å². The van der Waals surface area contributed by atoms with E-state index in [-0.39, 0.29) is 11.9 Å². The van der Waals surface area contributed by atoms with Gasteiger partial charge in [0.15, 0.2) is 5.16 Å². The highest BCUT2D eigenvalue weighted by molar-refractivity contribution is 7.99. The molecule has 0 spiro atoms. The first-order valence-corrected chi connectivity index (χ1v) is 7.90. The molecule has 20 heavy (non-hydrogen) atoms. The van der Waals surface area contributed by atoms with E-state index in [0.717, 1.165) is 32.6 Å². The number of nitrogens with one attached hydrogen (secondary N) is 1. The number of rotatable bonds is 4. The first-order valence-electron chi connectivity index (χ1n) is 6.91. The van der Waals surface area contributed by atoms with E-state index in [0.29, 0.717) is 16.9 Å². The van der Waals surface area contributed by atoms with Crippen molar-refractivity contribution in [1.82, 2.24) is 25.0 Å². The van der Waals surface area contributed by atoms with Gasteiger partial charge in [0.05, 0.1) is 5.75 Å². The third-order valence-corrected chi connectivity index (χ3v) is 4.15. The van der Waals surface area contributed by atoms with E-state index in [1.54, 1.807) is 0 Å². The van der Waals surface area contributed by atoms with Crippen LogP contribution >= 0.6 is 11.8 Å². The molecule has 112 valence electrons. The Morgan fingerprint density at radius 1 is 1.40 bits per heavy atom. The van der Waals surface area contributed by atoms with E-state index < -0.39 is 0 Å². The molecule has 1 aliphatic rings. The summed E-state index contributed by atoms with van der Waals surface area (Å²) in [6.07, 6.45) is 1.01. The Kier molecular flexibility index (Phi) is 5.24. The fourth-order valence-electron chi connectivity index (χ4n) is 2.18. The maximum atomic E-state index is 12.2. The van der Waals surface area contributed by atoms with Gasteiger partial charge in [-0.1, -0.05) is 11.8 Å². The van der Waals surface area contributed by atoms with Crippen LogP contribution < -0.4 is 11.1 Å². The largest absolute Gasteiger partial charge is 0.368 e. The Morgan fingerprint density at radius 2 is 2.20 bits per heavy atom. The molecule has 0 atom stereocenters. The molecule has 0 aromatic carbocycles. The summed E-state index contributed by atoms with van der Waals surface area (Å²) in [4.78, 5) is 14.1. The van der Waals surface area contributed by atoms with Gasteiger partial charge in [0.1, 0.15) is 0 Å². The molecular weight excluding hydrogens is 276 g/mol. The van der Waals surface area contributed by atoms with Crippen LogP contribution in [0.1, 0.15) is 26.3 Å². The van der Waals surface area contributed by atoms with Gasteiger partial charge in [0.2, 0.25) is 11.9 Å². The van der Waals surface area contributed by atoms with Crippen molar-refractivity contribution in [3.8, 4) is 0 Å². The third-order valence-electron chi connectivity index (χ3n) is 3.22. The summed E-state index contributed by atoms with van der Waals surface area (Å²) in [5, 5.41) is 11.9. The Hall–Kier alpha value is -1.28. The van der Waals surface area contributed by atoms with Crippen LogP contribution in [0.4, 0.5) is 5.95 Å². The van der Waals surface area contributed by atoms with Crippen LogP contribution in [-0.2, 0) is 4.79 Å². The molecule has 7 nitrogen and oxygen atoms in total. The van der Waals surface area contributed by atoms with Gasteiger partial charge in [-0.2, -0.15) is 0 Å². The molecule has 3 N–H and O–H groups in total. The minimum atomic E-state index is 0.149. The molecule has 0 bridgehead atoms. The van der Waals surface area contributed by atoms with E-state index >= 15 is 0 Å². The monoisotopic (exact) mass is 298 g/mol. The Morgan fingerprint density at radius 3 is 2.95 bits per heavy atom. The molecular formula is C12H22N6OS. The predicted octanol–water partition coefficient (Wildman–Crippen LogP) is 0.355. The average Bonchev–Trinajstić information content (AvgIpc) is 2.64. The Bertz CT molecular complexity index is 453. The summed E-state index contributed by atoms with van der Waals surface area (Å²) in [7, 11) is 0. The van der Waals surface area contributed by atoms with Gasteiger partial charge in [-0.05, 0) is 26.8 Å². The second kappa shape index (κ2) is 6.94. The van der Waals surface area contributed by atoms with Crippen molar-refractivity contribution in [2.24, 2.45) is 0 Å². The number of nitrogens with zero attached hydrogens (tertiary/aromatic N) is 4. The van der Waals surface area contributed by atoms with Crippen LogP contribution in [0.3, 0.4) is 0 Å². The van der Waals surface area contributed by atoms with Crippen LogP contribution in [0, 0.1) is 0 Å². The van der Waals surface area contributed by atoms with Gasteiger partial charge in [-0.15, -0.1) is 10.2 Å². The number of nitrogens with two attached hydrogens (primary N) is 1. The van der Waals surface area contributed by atoms with Crippen molar-refractivity contribution in [2.45, 2.75) is 31.5 Å². The zero-order valence-electron chi connectivity index (χ0n) is 12.0. The van der Waals surface area contributed by atoms with Gasteiger partial charge in [0, 0.05) is 25.7 Å². The van der Waals surface area contributed by atoms with Crippen LogP contribution in [0.5, 0.6) is 0 Å². The lowest BCUT2D eigenvalue weighted by molar-refractivity contribution is -0.128. The molecule has 0 radical (unpaired) electrons. The smallest absolute Gasteiger partial charge is 0.233 e. The summed E-state index contributed by atoms with van der Waals surface area (Å²) >= 11 is 1.40. The number of amides is 1. The fourth-order valence-corrected chi connectivity index (χ4v) is 3.16. The number of nitrogen functional groups attached to an aromatic ring is 1. The number of thioether (sulfide) groups is 1. The summed E-state index contributed by atoms with van der Waals surface area (Å²) in [6.45, 7) is 7.49. The van der Waals surface area contributed by atoms with Crippen molar-refractivity contribution in [3.05, 3.63) is 0 Å². The van der Waals surface area contributed by atoms with E-state index in [9.17, 15) is 4.79 Å². The van der Waals surface area contributed by atoms with Crippen LogP contribution in [0.2, 0.25) is 0 Å². The second-order valence-corrected chi connectivity index (χ2v) is 6.02. The van der Waals surface area contributed by atoms with Gasteiger partial charge >= 0.3 is 0 Å². The number of carbonyl (C=O) groups is 1. The highest BCUT2D eigenvalue weighted by Crippen LogP contribution is 2.22. The van der Waals surface area contributed by atoms with E-state index in [1.807, 2.05) is 23.3 Å². The van der Waals surface area contributed by atoms with Crippen molar-refractivity contribution in [3.63, 3.8) is 0 Å². The maximum absolute atomic E-state index is 12.2. The number of anilines is 1. The van der Waals surface area contributed by atoms with Crippen LogP contribution in [-0.4, -0.2) is 57.5 Å². The standard InChI is InChI=1S/C12H22N6OS/c1-9(2)18-11(13)15-16-12(18)20-8-10(19)17-6-3-4-14-5-7-17/h9,14H,3-8H2,1-2H3,(H2,13,15). The number of aromatic nitrogens is 3. The molecule has 0 aliphatic carbocycles. The highest BCUT2D eigenvalue weighted by atomic mass is 32.2. The molecule has 1 fully saturated rings. The topological polar surface area (TPSA) is 89.1 Å².